The molecule has 138 valence electrons. The van der Waals surface area contributed by atoms with Crippen molar-refractivity contribution in [3.8, 4) is 0 Å². The average Bonchev–Trinajstić information content (AvgIpc) is 3.22. The summed E-state index contributed by atoms with van der Waals surface area (Å²) < 4.78 is 10.7. The van der Waals surface area contributed by atoms with Gasteiger partial charge in [0, 0.05) is 25.2 Å². The molecule has 2 unspecified atom stereocenters. The van der Waals surface area contributed by atoms with Crippen LogP contribution in [0.3, 0.4) is 0 Å². The second-order valence-electron chi connectivity index (χ2n) is 5.88. The van der Waals surface area contributed by atoms with Gasteiger partial charge in [0.15, 0.2) is 5.96 Å². The Balaban J connectivity index is 0.00000288. The van der Waals surface area contributed by atoms with E-state index in [9.17, 15) is 10.2 Å². The van der Waals surface area contributed by atoms with Gasteiger partial charge in [0.2, 0.25) is 0 Å². The smallest absolute Gasteiger partial charge is 0.191 e. The molecule has 0 radical (unpaired) electrons. The van der Waals surface area contributed by atoms with Crippen LogP contribution >= 0.6 is 24.0 Å². The van der Waals surface area contributed by atoms with E-state index in [0.29, 0.717) is 37.8 Å². The molecule has 1 saturated heterocycles. The number of furan rings is 1. The van der Waals surface area contributed by atoms with Crippen LogP contribution < -0.4 is 10.6 Å². The molecule has 7 nitrogen and oxygen atoms in total. The number of hydrogen-bond acceptors (Lipinski definition) is 5. The largest absolute Gasteiger partial charge is 0.467 e. The highest BCUT2D eigenvalue weighted by molar-refractivity contribution is 14.0. The minimum absolute atomic E-state index is 0. The number of aliphatic hydroxyl groups excluding tert-OH is 2. The van der Waals surface area contributed by atoms with E-state index >= 15 is 0 Å². The van der Waals surface area contributed by atoms with E-state index in [1.807, 2.05) is 6.92 Å². The van der Waals surface area contributed by atoms with E-state index in [1.54, 1.807) is 12.1 Å². The highest BCUT2D eigenvalue weighted by atomic mass is 127. The summed E-state index contributed by atoms with van der Waals surface area (Å²) in [5, 5.41) is 25.6. The molecule has 0 spiro atoms. The standard InChI is InChI=1S/C16H27N3O4.HI/c1-2-17-15(18-10-13(21)14-4-3-8-23-14)19-11-16(5-7-20)6-9-22-12-16;/h3-4,8,13,20-21H,2,5-7,9-12H2,1H3,(H2,17,18,19);1H. The van der Waals surface area contributed by atoms with Gasteiger partial charge < -0.3 is 30.0 Å². The molecular weight excluding hydrogens is 425 g/mol. The van der Waals surface area contributed by atoms with Crippen LogP contribution in [0.5, 0.6) is 0 Å². The lowest BCUT2D eigenvalue weighted by Gasteiger charge is -2.25. The summed E-state index contributed by atoms with van der Waals surface area (Å²) >= 11 is 0. The topological polar surface area (TPSA) is 99.3 Å². The van der Waals surface area contributed by atoms with E-state index in [4.69, 9.17) is 9.15 Å². The fourth-order valence-electron chi connectivity index (χ4n) is 2.65. The van der Waals surface area contributed by atoms with Crippen molar-refractivity contribution in [1.29, 1.82) is 0 Å². The van der Waals surface area contributed by atoms with Gasteiger partial charge in [0.25, 0.3) is 0 Å². The summed E-state index contributed by atoms with van der Waals surface area (Å²) in [6.07, 6.45) is 2.41. The first-order valence-corrected chi connectivity index (χ1v) is 8.11. The summed E-state index contributed by atoms with van der Waals surface area (Å²) in [5.74, 6) is 1.16. The number of aliphatic imine (C=N–C) groups is 1. The van der Waals surface area contributed by atoms with Gasteiger partial charge in [-0.1, -0.05) is 0 Å². The molecule has 4 N–H and O–H groups in total. The Labute approximate surface area is 159 Å². The van der Waals surface area contributed by atoms with E-state index in [2.05, 4.69) is 15.6 Å². The van der Waals surface area contributed by atoms with Gasteiger partial charge in [-0.15, -0.1) is 24.0 Å². The van der Waals surface area contributed by atoms with Crippen LogP contribution in [-0.2, 0) is 4.74 Å². The summed E-state index contributed by atoms with van der Waals surface area (Å²) in [4.78, 5) is 4.60. The average molecular weight is 453 g/mol. The first-order valence-electron chi connectivity index (χ1n) is 8.11. The number of aliphatic hydroxyl groups is 2. The molecule has 1 aliphatic rings. The maximum atomic E-state index is 10.0. The molecule has 1 aliphatic heterocycles. The van der Waals surface area contributed by atoms with Crippen molar-refractivity contribution < 1.29 is 19.4 Å². The third-order valence-electron chi connectivity index (χ3n) is 4.08. The van der Waals surface area contributed by atoms with E-state index in [0.717, 1.165) is 19.6 Å². The number of nitrogens with one attached hydrogen (secondary N) is 2. The summed E-state index contributed by atoms with van der Waals surface area (Å²) in [6, 6.07) is 3.49. The fourth-order valence-corrected chi connectivity index (χ4v) is 2.65. The zero-order valence-corrected chi connectivity index (χ0v) is 16.4. The van der Waals surface area contributed by atoms with Crippen LogP contribution in [-0.4, -0.2) is 55.6 Å². The molecule has 2 atom stereocenters. The van der Waals surface area contributed by atoms with Crippen molar-refractivity contribution in [2.45, 2.75) is 25.9 Å². The van der Waals surface area contributed by atoms with Crippen LogP contribution in [0.1, 0.15) is 31.6 Å². The minimum Gasteiger partial charge on any atom is -0.467 e. The van der Waals surface area contributed by atoms with Crippen molar-refractivity contribution in [3.05, 3.63) is 24.2 Å². The van der Waals surface area contributed by atoms with Crippen LogP contribution in [0.15, 0.2) is 27.8 Å². The van der Waals surface area contributed by atoms with Gasteiger partial charge in [0.1, 0.15) is 11.9 Å². The van der Waals surface area contributed by atoms with Gasteiger partial charge >= 0.3 is 0 Å². The Morgan fingerprint density at radius 2 is 2.29 bits per heavy atom. The highest BCUT2D eigenvalue weighted by Crippen LogP contribution is 2.32. The molecular formula is C16H28IN3O4. The number of nitrogens with zero attached hydrogens (tertiary/aromatic N) is 1. The number of ether oxygens (including phenoxy) is 1. The summed E-state index contributed by atoms with van der Waals surface area (Å²) in [7, 11) is 0. The third-order valence-corrected chi connectivity index (χ3v) is 4.08. The van der Waals surface area contributed by atoms with Gasteiger partial charge in [0.05, 0.1) is 26.0 Å². The predicted octanol–water partition coefficient (Wildman–Crippen LogP) is 1.28. The van der Waals surface area contributed by atoms with Gasteiger partial charge in [-0.2, -0.15) is 0 Å². The molecule has 0 aliphatic carbocycles. The van der Waals surface area contributed by atoms with Crippen molar-refractivity contribution in [2.24, 2.45) is 10.4 Å². The van der Waals surface area contributed by atoms with Crippen LogP contribution in [0.25, 0.3) is 0 Å². The zero-order valence-electron chi connectivity index (χ0n) is 14.0. The molecule has 0 saturated carbocycles. The van der Waals surface area contributed by atoms with Crippen molar-refractivity contribution in [1.82, 2.24) is 10.6 Å². The maximum Gasteiger partial charge on any atom is 0.191 e. The number of halogens is 1. The van der Waals surface area contributed by atoms with Gasteiger partial charge in [-0.3, -0.25) is 4.99 Å². The molecule has 1 fully saturated rings. The Hall–Kier alpha value is -0.840. The molecule has 24 heavy (non-hydrogen) atoms. The normalized spacial score (nSPS) is 22.0. The van der Waals surface area contributed by atoms with Gasteiger partial charge in [-0.05, 0) is 31.9 Å². The second kappa shape index (κ2) is 10.9. The van der Waals surface area contributed by atoms with Crippen molar-refractivity contribution >= 4 is 29.9 Å². The molecule has 0 amide bonds. The fraction of sp³-hybridized carbons (Fsp3) is 0.688. The van der Waals surface area contributed by atoms with Crippen LogP contribution in [0.4, 0.5) is 0 Å². The number of rotatable bonds is 8. The molecule has 8 heteroatoms. The lowest BCUT2D eigenvalue weighted by Crippen LogP contribution is -2.40. The Bertz CT molecular complexity index is 476. The van der Waals surface area contributed by atoms with Crippen LogP contribution in [0, 0.1) is 5.41 Å². The SMILES string of the molecule is CCNC(=NCC1(CCO)CCOC1)NCC(O)c1ccco1.I. The zero-order chi connectivity index (χ0) is 16.5. The van der Waals surface area contributed by atoms with E-state index < -0.39 is 6.10 Å². The Morgan fingerprint density at radius 3 is 2.88 bits per heavy atom. The van der Waals surface area contributed by atoms with E-state index in [-0.39, 0.29) is 36.0 Å². The molecule has 1 aromatic rings. The van der Waals surface area contributed by atoms with E-state index in [1.165, 1.54) is 6.26 Å². The first-order chi connectivity index (χ1) is 11.2. The third kappa shape index (κ3) is 6.23. The quantitative estimate of drug-likeness (QED) is 0.269. The lowest BCUT2D eigenvalue weighted by molar-refractivity contribution is 0.131. The second-order valence-corrected chi connectivity index (χ2v) is 5.88. The molecule has 2 rings (SSSR count). The summed E-state index contributed by atoms with van der Waals surface area (Å²) in [5.41, 5.74) is -0.0866. The first kappa shape index (κ1) is 21.2. The monoisotopic (exact) mass is 453 g/mol. The van der Waals surface area contributed by atoms with Crippen molar-refractivity contribution in [2.75, 3.05) is 39.5 Å². The Kier molecular flexibility index (Phi) is 9.64. The molecule has 2 heterocycles. The highest BCUT2D eigenvalue weighted by Gasteiger charge is 2.34. The lowest BCUT2D eigenvalue weighted by atomic mass is 9.84. The van der Waals surface area contributed by atoms with Gasteiger partial charge in [-0.25, -0.2) is 0 Å². The molecule has 0 bridgehead atoms. The van der Waals surface area contributed by atoms with Crippen molar-refractivity contribution in [3.63, 3.8) is 0 Å². The van der Waals surface area contributed by atoms with Crippen LogP contribution in [0.2, 0.25) is 0 Å². The minimum atomic E-state index is -0.727. The number of hydrogen-bond donors (Lipinski definition) is 4. The summed E-state index contributed by atoms with van der Waals surface area (Å²) in [6.45, 7) is 5.10. The molecule has 0 aromatic carbocycles. The predicted molar refractivity (Wildman–Crippen MR) is 103 cm³/mol. The maximum absolute atomic E-state index is 10.0. The Morgan fingerprint density at radius 1 is 1.46 bits per heavy atom. The number of guanidine groups is 1. The molecule has 1 aromatic heterocycles.